The average molecular weight is 306 g/mol. The van der Waals surface area contributed by atoms with Crippen molar-refractivity contribution in [1.29, 1.82) is 0 Å². The number of rotatable bonds is 2. The lowest BCUT2D eigenvalue weighted by atomic mass is 9.90. The number of nitrogens with one attached hydrogen (secondary N) is 1. The third-order valence-corrected chi connectivity index (χ3v) is 5.89. The molecule has 0 saturated carbocycles. The molecule has 1 heterocycles. The molecule has 6 heteroatoms. The number of carbonyl (C=O) groups is 1. The van der Waals surface area contributed by atoms with Crippen LogP contribution in [-0.2, 0) is 27.5 Å². The molecule has 1 atom stereocenters. The highest BCUT2D eigenvalue weighted by Crippen LogP contribution is 2.20. The van der Waals surface area contributed by atoms with E-state index in [1.165, 1.54) is 11.1 Å². The quantitative estimate of drug-likeness (QED) is 0.831. The third-order valence-electron chi connectivity index (χ3n) is 4.12. The van der Waals surface area contributed by atoms with Crippen LogP contribution in [0.2, 0.25) is 0 Å². The molecule has 21 heavy (non-hydrogen) atoms. The molecular formula is C15H18N2O3S. The zero-order valence-corrected chi connectivity index (χ0v) is 12.5. The first kappa shape index (κ1) is 14.3. The van der Waals surface area contributed by atoms with Crippen molar-refractivity contribution in [3.05, 3.63) is 35.4 Å². The molecule has 1 aromatic carbocycles. The fourth-order valence-corrected chi connectivity index (χ4v) is 4.63. The van der Waals surface area contributed by atoms with Gasteiger partial charge in [0.2, 0.25) is 5.91 Å². The van der Waals surface area contributed by atoms with Gasteiger partial charge in [-0.2, -0.15) is 5.10 Å². The lowest BCUT2D eigenvalue weighted by Crippen LogP contribution is -2.29. The highest BCUT2D eigenvalue weighted by atomic mass is 32.2. The van der Waals surface area contributed by atoms with Gasteiger partial charge in [0.25, 0.3) is 0 Å². The number of aryl methyl sites for hydroxylation is 1. The van der Waals surface area contributed by atoms with Crippen LogP contribution in [0.4, 0.5) is 0 Å². The highest BCUT2D eigenvalue weighted by Gasteiger charge is 2.32. The van der Waals surface area contributed by atoms with Gasteiger partial charge in [-0.15, -0.1) is 0 Å². The average Bonchev–Trinajstić information content (AvgIpc) is 2.85. The van der Waals surface area contributed by atoms with E-state index in [2.05, 4.69) is 22.7 Å². The van der Waals surface area contributed by atoms with Crippen LogP contribution >= 0.6 is 0 Å². The Hall–Kier alpha value is -1.69. The molecule has 0 aromatic heterocycles. The maximum atomic E-state index is 11.9. The van der Waals surface area contributed by atoms with Crippen molar-refractivity contribution >= 4 is 21.5 Å². The molecule has 2 aliphatic rings. The summed E-state index contributed by atoms with van der Waals surface area (Å²) in [5.41, 5.74) is 6.08. The molecule has 3 rings (SSSR count). The maximum absolute atomic E-state index is 11.9. The number of nitrogens with zero attached hydrogens (tertiary/aromatic N) is 1. The zero-order chi connectivity index (χ0) is 14.9. The van der Waals surface area contributed by atoms with Crippen LogP contribution in [0.15, 0.2) is 29.4 Å². The number of hydrogen-bond acceptors (Lipinski definition) is 4. The van der Waals surface area contributed by atoms with Gasteiger partial charge in [-0.05, 0) is 30.4 Å². The van der Waals surface area contributed by atoms with E-state index >= 15 is 0 Å². The largest absolute Gasteiger partial charge is 0.273 e. The number of sulfone groups is 1. The summed E-state index contributed by atoms with van der Waals surface area (Å²) in [5, 5.41) is 4.20. The molecule has 5 nitrogen and oxygen atoms in total. The second-order valence-electron chi connectivity index (χ2n) is 5.70. The number of fused-ring (bicyclic) bond motifs is 1. The fourth-order valence-electron chi connectivity index (χ4n) is 2.88. The van der Waals surface area contributed by atoms with Crippen molar-refractivity contribution in [2.45, 2.75) is 25.7 Å². The molecule has 1 aromatic rings. The SMILES string of the molecule is O=C(N/N=C1\CCc2ccccc2C1)[C@H]1CCS(=O)(=O)C1. The molecule has 0 bridgehead atoms. The molecule has 1 saturated heterocycles. The van der Waals surface area contributed by atoms with Crippen molar-refractivity contribution in [2.24, 2.45) is 11.0 Å². The first-order valence-electron chi connectivity index (χ1n) is 7.16. The van der Waals surface area contributed by atoms with Crippen LogP contribution in [0, 0.1) is 5.92 Å². The predicted molar refractivity (Wildman–Crippen MR) is 80.8 cm³/mol. The van der Waals surface area contributed by atoms with Crippen LogP contribution in [0.5, 0.6) is 0 Å². The van der Waals surface area contributed by atoms with Crippen molar-refractivity contribution in [3.8, 4) is 0 Å². The summed E-state index contributed by atoms with van der Waals surface area (Å²) in [5.74, 6) is -0.667. The monoisotopic (exact) mass is 306 g/mol. The van der Waals surface area contributed by atoms with E-state index in [1.54, 1.807) is 0 Å². The number of hydrazone groups is 1. The second-order valence-corrected chi connectivity index (χ2v) is 7.93. The van der Waals surface area contributed by atoms with Gasteiger partial charge in [-0.1, -0.05) is 24.3 Å². The Morgan fingerprint density at radius 2 is 1.95 bits per heavy atom. The second kappa shape index (κ2) is 5.60. The Balaban J connectivity index is 1.61. The summed E-state index contributed by atoms with van der Waals surface area (Å²) in [6, 6.07) is 8.23. The van der Waals surface area contributed by atoms with Crippen LogP contribution in [0.3, 0.4) is 0 Å². The summed E-state index contributed by atoms with van der Waals surface area (Å²) in [4.78, 5) is 11.9. The van der Waals surface area contributed by atoms with Crippen molar-refractivity contribution in [1.82, 2.24) is 5.43 Å². The van der Waals surface area contributed by atoms with E-state index in [-0.39, 0.29) is 17.4 Å². The molecule has 1 aliphatic heterocycles. The summed E-state index contributed by atoms with van der Waals surface area (Å²) in [6.45, 7) is 0. The van der Waals surface area contributed by atoms with Gasteiger partial charge in [-0.25, -0.2) is 13.8 Å². The number of benzene rings is 1. The van der Waals surface area contributed by atoms with Crippen LogP contribution in [0.1, 0.15) is 24.0 Å². The minimum absolute atomic E-state index is 0.0491. The smallest absolute Gasteiger partial charge is 0.244 e. The first-order valence-corrected chi connectivity index (χ1v) is 8.98. The number of amides is 1. The van der Waals surface area contributed by atoms with Gasteiger partial charge in [0.1, 0.15) is 0 Å². The van der Waals surface area contributed by atoms with Crippen LogP contribution in [0.25, 0.3) is 0 Å². The number of hydrogen-bond donors (Lipinski definition) is 1. The van der Waals surface area contributed by atoms with Crippen LogP contribution in [-0.4, -0.2) is 31.5 Å². The van der Waals surface area contributed by atoms with Gasteiger partial charge >= 0.3 is 0 Å². The van der Waals surface area contributed by atoms with Gasteiger partial charge in [0.15, 0.2) is 9.84 Å². The van der Waals surface area contributed by atoms with E-state index in [0.717, 1.165) is 25.0 Å². The molecule has 0 spiro atoms. The molecule has 112 valence electrons. The first-order chi connectivity index (χ1) is 10.0. The van der Waals surface area contributed by atoms with Crippen molar-refractivity contribution in [2.75, 3.05) is 11.5 Å². The van der Waals surface area contributed by atoms with Gasteiger partial charge in [0.05, 0.1) is 17.4 Å². The summed E-state index contributed by atoms with van der Waals surface area (Å²) in [7, 11) is -3.03. The Bertz CT molecular complexity index is 695. The Kier molecular flexibility index (Phi) is 3.80. The Morgan fingerprint density at radius 3 is 2.67 bits per heavy atom. The zero-order valence-electron chi connectivity index (χ0n) is 11.7. The standard InChI is InChI=1S/C15H18N2O3S/c18-15(13-7-8-21(19,20)10-13)17-16-14-6-5-11-3-1-2-4-12(11)9-14/h1-4,13H,5-10H2,(H,17,18)/b16-14+/t13-/m0/s1. The van der Waals surface area contributed by atoms with E-state index in [9.17, 15) is 13.2 Å². The molecule has 1 aliphatic carbocycles. The molecule has 0 radical (unpaired) electrons. The van der Waals surface area contributed by atoms with E-state index < -0.39 is 15.8 Å². The van der Waals surface area contributed by atoms with E-state index in [4.69, 9.17) is 0 Å². The molecule has 1 N–H and O–H groups in total. The maximum Gasteiger partial charge on any atom is 0.244 e. The molecule has 1 amide bonds. The topological polar surface area (TPSA) is 75.6 Å². The van der Waals surface area contributed by atoms with Gasteiger partial charge < -0.3 is 0 Å². The molecular weight excluding hydrogens is 288 g/mol. The summed E-state index contributed by atoms with van der Waals surface area (Å²) >= 11 is 0. The minimum atomic E-state index is -3.03. The third kappa shape index (κ3) is 3.32. The van der Waals surface area contributed by atoms with Crippen molar-refractivity contribution < 1.29 is 13.2 Å². The van der Waals surface area contributed by atoms with Crippen LogP contribution < -0.4 is 5.43 Å². The number of carbonyl (C=O) groups excluding carboxylic acids is 1. The summed E-state index contributed by atoms with van der Waals surface area (Å²) in [6.07, 6.45) is 2.92. The minimum Gasteiger partial charge on any atom is -0.273 e. The highest BCUT2D eigenvalue weighted by molar-refractivity contribution is 7.91. The van der Waals surface area contributed by atoms with Gasteiger partial charge in [-0.3, -0.25) is 4.79 Å². The lowest BCUT2D eigenvalue weighted by molar-refractivity contribution is -0.124. The van der Waals surface area contributed by atoms with E-state index in [0.29, 0.717) is 6.42 Å². The fraction of sp³-hybridized carbons (Fsp3) is 0.467. The Morgan fingerprint density at radius 1 is 1.19 bits per heavy atom. The lowest BCUT2D eigenvalue weighted by Gasteiger charge is -2.17. The van der Waals surface area contributed by atoms with Crippen molar-refractivity contribution in [3.63, 3.8) is 0 Å². The Labute approximate surface area is 124 Å². The normalized spacial score (nSPS) is 25.5. The van der Waals surface area contributed by atoms with E-state index in [1.807, 2.05) is 12.1 Å². The van der Waals surface area contributed by atoms with Gasteiger partial charge in [0, 0.05) is 12.1 Å². The summed E-state index contributed by atoms with van der Waals surface area (Å²) < 4.78 is 22.7. The molecule has 0 unspecified atom stereocenters. The predicted octanol–water partition coefficient (Wildman–Crippen LogP) is 1.08. The molecule has 1 fully saturated rings.